The molecule has 0 radical (unpaired) electrons. The summed E-state index contributed by atoms with van der Waals surface area (Å²) in [6, 6.07) is 4.08. The van der Waals surface area contributed by atoms with Crippen LogP contribution < -0.4 is 10.1 Å². The minimum absolute atomic E-state index is 0.0720. The van der Waals surface area contributed by atoms with Crippen molar-refractivity contribution in [3.8, 4) is 5.75 Å². The molecule has 1 amide bonds. The third kappa shape index (κ3) is 4.25. The molecule has 1 rings (SSSR count). The molecule has 0 aliphatic carbocycles. The normalized spacial score (nSPS) is 9.89. The van der Waals surface area contributed by atoms with Gasteiger partial charge in [0.15, 0.2) is 6.61 Å². The average Bonchev–Trinajstić information content (AvgIpc) is 2.34. The second-order valence-electron chi connectivity index (χ2n) is 3.59. The smallest absolute Gasteiger partial charge is 0.335 e. The van der Waals surface area contributed by atoms with Gasteiger partial charge in [0.2, 0.25) is 0 Å². The zero-order valence-electron chi connectivity index (χ0n) is 9.90. The van der Waals surface area contributed by atoms with Gasteiger partial charge in [0.05, 0.1) is 10.6 Å². The number of aromatic carboxylic acids is 1. The van der Waals surface area contributed by atoms with Crippen molar-refractivity contribution in [2.45, 2.75) is 13.3 Å². The summed E-state index contributed by atoms with van der Waals surface area (Å²) in [4.78, 5) is 22.0. The molecule has 0 bridgehead atoms. The van der Waals surface area contributed by atoms with Crippen LogP contribution in [0.3, 0.4) is 0 Å². The maximum Gasteiger partial charge on any atom is 0.335 e. The van der Waals surface area contributed by atoms with Crippen molar-refractivity contribution < 1.29 is 19.4 Å². The van der Waals surface area contributed by atoms with E-state index in [1.807, 2.05) is 6.92 Å². The predicted molar refractivity (Wildman–Crippen MR) is 67.2 cm³/mol. The number of carbonyl (C=O) groups is 2. The summed E-state index contributed by atoms with van der Waals surface area (Å²) in [6.45, 7) is 2.39. The first-order valence-electron chi connectivity index (χ1n) is 5.47. The molecule has 0 aliphatic rings. The standard InChI is InChI=1S/C12H14ClNO4/c1-2-5-14-11(15)7-18-10-4-3-8(12(16)17)6-9(10)13/h3-4,6H,2,5,7H2,1H3,(H,14,15)(H,16,17). The van der Waals surface area contributed by atoms with Crippen molar-refractivity contribution in [1.29, 1.82) is 0 Å². The lowest BCUT2D eigenvalue weighted by atomic mass is 10.2. The van der Waals surface area contributed by atoms with Crippen molar-refractivity contribution in [2.24, 2.45) is 0 Å². The number of nitrogens with one attached hydrogen (secondary N) is 1. The molecular weight excluding hydrogens is 258 g/mol. The number of halogens is 1. The molecule has 18 heavy (non-hydrogen) atoms. The fourth-order valence-electron chi connectivity index (χ4n) is 1.21. The number of amides is 1. The Morgan fingerprint density at radius 3 is 2.72 bits per heavy atom. The van der Waals surface area contributed by atoms with Crippen LogP contribution in [0.1, 0.15) is 23.7 Å². The average molecular weight is 272 g/mol. The first-order chi connectivity index (χ1) is 8.54. The van der Waals surface area contributed by atoms with Crippen LogP contribution in [-0.2, 0) is 4.79 Å². The van der Waals surface area contributed by atoms with Crippen LogP contribution in [0.15, 0.2) is 18.2 Å². The quantitative estimate of drug-likeness (QED) is 0.829. The van der Waals surface area contributed by atoms with Gasteiger partial charge in [-0.05, 0) is 24.6 Å². The Morgan fingerprint density at radius 2 is 2.17 bits per heavy atom. The number of hydrogen-bond donors (Lipinski definition) is 2. The van der Waals surface area contributed by atoms with Crippen molar-refractivity contribution in [1.82, 2.24) is 5.32 Å². The van der Waals surface area contributed by atoms with Crippen molar-refractivity contribution in [3.05, 3.63) is 28.8 Å². The Kier molecular flexibility index (Phi) is 5.45. The number of ether oxygens (including phenoxy) is 1. The largest absolute Gasteiger partial charge is 0.482 e. The molecule has 1 aromatic carbocycles. The zero-order valence-corrected chi connectivity index (χ0v) is 10.7. The molecule has 0 aromatic heterocycles. The lowest BCUT2D eigenvalue weighted by molar-refractivity contribution is -0.123. The van der Waals surface area contributed by atoms with Gasteiger partial charge in [-0.2, -0.15) is 0 Å². The third-order valence-electron chi connectivity index (χ3n) is 2.11. The summed E-state index contributed by atoms with van der Waals surface area (Å²) in [7, 11) is 0. The SMILES string of the molecule is CCCNC(=O)COc1ccc(C(=O)O)cc1Cl. The molecule has 0 spiro atoms. The van der Waals surface area contributed by atoms with Crippen LogP contribution in [0.2, 0.25) is 5.02 Å². The van der Waals surface area contributed by atoms with Crippen LogP contribution in [0.4, 0.5) is 0 Å². The number of carboxylic acid groups (broad SMARTS) is 1. The maximum atomic E-state index is 11.3. The molecule has 0 saturated heterocycles. The fourth-order valence-corrected chi connectivity index (χ4v) is 1.44. The monoisotopic (exact) mass is 271 g/mol. The van der Waals surface area contributed by atoms with Crippen LogP contribution >= 0.6 is 11.6 Å². The van der Waals surface area contributed by atoms with Gasteiger partial charge in [-0.25, -0.2) is 4.79 Å². The van der Waals surface area contributed by atoms with Crippen molar-refractivity contribution >= 4 is 23.5 Å². The lowest BCUT2D eigenvalue weighted by Crippen LogP contribution is -2.29. The predicted octanol–water partition coefficient (Wildman–Crippen LogP) is 1.94. The summed E-state index contributed by atoms with van der Waals surface area (Å²) in [5.74, 6) is -1.02. The summed E-state index contributed by atoms with van der Waals surface area (Å²) in [5.41, 5.74) is 0.0720. The van der Waals surface area contributed by atoms with E-state index < -0.39 is 5.97 Å². The van der Waals surface area contributed by atoms with Gasteiger partial charge in [0.25, 0.3) is 5.91 Å². The van der Waals surface area contributed by atoms with Crippen molar-refractivity contribution in [3.63, 3.8) is 0 Å². The summed E-state index contributed by atoms with van der Waals surface area (Å²) < 4.78 is 5.19. The van der Waals surface area contributed by atoms with E-state index >= 15 is 0 Å². The first kappa shape index (κ1) is 14.3. The van der Waals surface area contributed by atoms with Crippen LogP contribution in [0.5, 0.6) is 5.75 Å². The van der Waals surface area contributed by atoms with Crippen LogP contribution in [0, 0.1) is 0 Å². The molecule has 98 valence electrons. The molecule has 2 N–H and O–H groups in total. The second kappa shape index (κ2) is 6.86. The van der Waals surface area contributed by atoms with E-state index in [0.29, 0.717) is 6.54 Å². The lowest BCUT2D eigenvalue weighted by Gasteiger charge is -2.08. The highest BCUT2D eigenvalue weighted by Crippen LogP contribution is 2.25. The molecule has 6 heteroatoms. The number of rotatable bonds is 6. The molecule has 5 nitrogen and oxygen atoms in total. The van der Waals surface area contributed by atoms with Gasteiger partial charge in [-0.3, -0.25) is 4.79 Å². The third-order valence-corrected chi connectivity index (χ3v) is 2.41. The van der Waals surface area contributed by atoms with Gasteiger partial charge in [-0.1, -0.05) is 18.5 Å². The van der Waals surface area contributed by atoms with E-state index in [4.69, 9.17) is 21.4 Å². The van der Waals surface area contributed by atoms with E-state index in [0.717, 1.165) is 6.42 Å². The topological polar surface area (TPSA) is 75.6 Å². The van der Waals surface area contributed by atoms with Gasteiger partial charge in [-0.15, -0.1) is 0 Å². The number of benzene rings is 1. The molecule has 0 fully saturated rings. The van der Waals surface area contributed by atoms with Crippen LogP contribution in [-0.4, -0.2) is 30.1 Å². The Morgan fingerprint density at radius 1 is 1.44 bits per heavy atom. The summed E-state index contributed by atoms with van der Waals surface area (Å²) >= 11 is 5.84. The highest BCUT2D eigenvalue weighted by molar-refractivity contribution is 6.32. The zero-order chi connectivity index (χ0) is 13.5. The molecule has 0 atom stereocenters. The highest BCUT2D eigenvalue weighted by atomic mass is 35.5. The van der Waals surface area contributed by atoms with Gasteiger partial charge >= 0.3 is 5.97 Å². The maximum absolute atomic E-state index is 11.3. The highest BCUT2D eigenvalue weighted by Gasteiger charge is 2.09. The minimum atomic E-state index is -1.07. The van der Waals surface area contributed by atoms with E-state index in [9.17, 15) is 9.59 Å². The first-order valence-corrected chi connectivity index (χ1v) is 5.84. The molecule has 0 aliphatic heterocycles. The Bertz CT molecular complexity index is 448. The number of carboxylic acids is 1. The van der Waals surface area contributed by atoms with Gasteiger partial charge < -0.3 is 15.2 Å². The minimum Gasteiger partial charge on any atom is -0.482 e. The van der Waals surface area contributed by atoms with Crippen molar-refractivity contribution in [2.75, 3.05) is 13.2 Å². The molecule has 0 unspecified atom stereocenters. The number of carbonyl (C=O) groups excluding carboxylic acids is 1. The number of hydrogen-bond acceptors (Lipinski definition) is 3. The van der Waals surface area contributed by atoms with E-state index in [1.54, 1.807) is 0 Å². The Hall–Kier alpha value is -1.75. The molecular formula is C12H14ClNO4. The van der Waals surface area contributed by atoms with E-state index in [-0.39, 0.29) is 28.8 Å². The Labute approximate surface area is 110 Å². The summed E-state index contributed by atoms with van der Waals surface area (Å²) in [6.07, 6.45) is 0.847. The molecule has 1 aromatic rings. The van der Waals surface area contributed by atoms with Gasteiger partial charge in [0, 0.05) is 6.54 Å². The summed E-state index contributed by atoms with van der Waals surface area (Å²) in [5, 5.41) is 11.6. The van der Waals surface area contributed by atoms with E-state index in [1.165, 1.54) is 18.2 Å². The molecule has 0 saturated carbocycles. The van der Waals surface area contributed by atoms with Crippen LogP contribution in [0.25, 0.3) is 0 Å². The second-order valence-corrected chi connectivity index (χ2v) is 4.00. The van der Waals surface area contributed by atoms with Gasteiger partial charge in [0.1, 0.15) is 5.75 Å². The Balaban J connectivity index is 2.58. The molecule has 0 heterocycles. The van der Waals surface area contributed by atoms with E-state index in [2.05, 4.69) is 5.32 Å². The fraction of sp³-hybridized carbons (Fsp3) is 0.333.